The molecule has 37 heavy (non-hydrogen) atoms. The topological polar surface area (TPSA) is 243 Å². The van der Waals surface area contributed by atoms with Crippen molar-refractivity contribution in [1.82, 2.24) is 16.0 Å². The van der Waals surface area contributed by atoms with E-state index in [4.69, 9.17) is 22.3 Å². The third kappa shape index (κ3) is 12.0. The molecule has 0 spiro atoms. The van der Waals surface area contributed by atoms with Gasteiger partial charge >= 0.3 is 5.97 Å². The van der Waals surface area contributed by atoms with Crippen LogP contribution in [-0.4, -0.2) is 82.9 Å². The SMILES string of the molecule is NCCCCC(NC(=O)C(N)CO)C(=O)NC(CCCCN)C(=O)NC(Cc1ccc(O)cc1)C(=O)O. The van der Waals surface area contributed by atoms with E-state index in [0.717, 1.165) is 0 Å². The van der Waals surface area contributed by atoms with Crippen molar-refractivity contribution in [2.75, 3.05) is 19.7 Å². The van der Waals surface area contributed by atoms with E-state index in [9.17, 15) is 29.4 Å². The number of aliphatic carboxylic acids is 1. The van der Waals surface area contributed by atoms with Crippen LogP contribution >= 0.6 is 0 Å². The Morgan fingerprint density at radius 2 is 1.22 bits per heavy atom. The number of phenolic OH excluding ortho intramolecular Hbond substituents is 1. The molecule has 0 aliphatic carbocycles. The summed E-state index contributed by atoms with van der Waals surface area (Å²) in [6.07, 6.45) is 2.57. The van der Waals surface area contributed by atoms with Gasteiger partial charge in [0.1, 0.15) is 29.9 Å². The van der Waals surface area contributed by atoms with Crippen LogP contribution in [0.5, 0.6) is 5.75 Å². The van der Waals surface area contributed by atoms with Crippen LogP contribution in [0.25, 0.3) is 0 Å². The molecule has 0 saturated carbocycles. The Balaban J connectivity index is 3.00. The summed E-state index contributed by atoms with van der Waals surface area (Å²) < 4.78 is 0. The van der Waals surface area contributed by atoms with Crippen molar-refractivity contribution in [3.8, 4) is 5.75 Å². The first-order valence-electron chi connectivity index (χ1n) is 12.3. The summed E-state index contributed by atoms with van der Waals surface area (Å²) in [6.45, 7) is 0.155. The van der Waals surface area contributed by atoms with Crippen molar-refractivity contribution in [3.63, 3.8) is 0 Å². The maximum Gasteiger partial charge on any atom is 0.326 e. The van der Waals surface area contributed by atoms with Gasteiger partial charge < -0.3 is 48.5 Å². The van der Waals surface area contributed by atoms with Crippen LogP contribution in [0, 0.1) is 0 Å². The second kappa shape index (κ2) is 17.2. The number of hydrogen-bond donors (Lipinski definition) is 9. The summed E-state index contributed by atoms with van der Waals surface area (Å²) in [5, 5.41) is 35.8. The van der Waals surface area contributed by atoms with E-state index >= 15 is 0 Å². The molecule has 0 fully saturated rings. The lowest BCUT2D eigenvalue weighted by Crippen LogP contribution is -2.57. The molecule has 0 radical (unpaired) electrons. The fourth-order valence-corrected chi connectivity index (χ4v) is 3.50. The van der Waals surface area contributed by atoms with E-state index in [0.29, 0.717) is 44.3 Å². The number of carboxylic acid groups (broad SMARTS) is 1. The Morgan fingerprint density at radius 1 is 0.757 bits per heavy atom. The zero-order valence-electron chi connectivity index (χ0n) is 20.9. The summed E-state index contributed by atoms with van der Waals surface area (Å²) in [7, 11) is 0. The lowest BCUT2D eigenvalue weighted by molar-refractivity contribution is -0.142. The number of carboxylic acids is 1. The monoisotopic (exact) mass is 524 g/mol. The number of aromatic hydroxyl groups is 1. The maximum absolute atomic E-state index is 13.1. The zero-order chi connectivity index (χ0) is 27.8. The minimum absolute atomic E-state index is 0.0235. The number of phenols is 1. The van der Waals surface area contributed by atoms with Crippen molar-refractivity contribution < 1.29 is 34.5 Å². The van der Waals surface area contributed by atoms with Crippen LogP contribution in [0.2, 0.25) is 0 Å². The molecule has 4 atom stereocenters. The molecule has 0 saturated heterocycles. The van der Waals surface area contributed by atoms with E-state index in [1.807, 2.05) is 0 Å². The van der Waals surface area contributed by atoms with Gasteiger partial charge in [0.2, 0.25) is 17.7 Å². The van der Waals surface area contributed by atoms with Crippen molar-refractivity contribution in [1.29, 1.82) is 0 Å². The molecule has 0 heterocycles. The van der Waals surface area contributed by atoms with Gasteiger partial charge in [-0.25, -0.2) is 4.79 Å². The fourth-order valence-electron chi connectivity index (χ4n) is 3.50. The number of nitrogens with two attached hydrogens (primary N) is 3. The van der Waals surface area contributed by atoms with Crippen molar-refractivity contribution >= 4 is 23.7 Å². The average molecular weight is 525 g/mol. The second-order valence-electron chi connectivity index (χ2n) is 8.75. The van der Waals surface area contributed by atoms with Gasteiger partial charge in [-0.05, 0) is 69.3 Å². The highest BCUT2D eigenvalue weighted by molar-refractivity contribution is 5.94. The first kappa shape index (κ1) is 31.8. The highest BCUT2D eigenvalue weighted by Gasteiger charge is 2.30. The van der Waals surface area contributed by atoms with E-state index in [1.165, 1.54) is 12.1 Å². The predicted molar refractivity (Wildman–Crippen MR) is 136 cm³/mol. The van der Waals surface area contributed by atoms with E-state index in [2.05, 4.69) is 16.0 Å². The molecule has 1 rings (SSSR count). The minimum Gasteiger partial charge on any atom is -0.508 e. The molecule has 1 aromatic carbocycles. The van der Waals surface area contributed by atoms with Gasteiger partial charge in [-0.3, -0.25) is 14.4 Å². The predicted octanol–water partition coefficient (Wildman–Crippen LogP) is -1.95. The Labute approximate surface area is 216 Å². The number of unbranched alkanes of at least 4 members (excludes halogenated alkanes) is 2. The number of carbonyl (C=O) groups is 4. The summed E-state index contributed by atoms with van der Waals surface area (Å²) in [4.78, 5) is 50.2. The molecule has 0 aliphatic heterocycles. The Hall–Kier alpha value is -3.26. The van der Waals surface area contributed by atoms with Gasteiger partial charge in [0.05, 0.1) is 6.61 Å². The molecule has 0 aromatic heterocycles. The molecule has 13 nitrogen and oxygen atoms in total. The first-order valence-corrected chi connectivity index (χ1v) is 12.3. The van der Waals surface area contributed by atoms with Gasteiger partial charge in [-0.2, -0.15) is 0 Å². The number of amides is 3. The molecular weight excluding hydrogens is 484 g/mol. The summed E-state index contributed by atoms with van der Waals surface area (Å²) in [5.74, 6) is -3.31. The van der Waals surface area contributed by atoms with Gasteiger partial charge in [0.15, 0.2) is 0 Å². The third-order valence-electron chi connectivity index (χ3n) is 5.68. The molecule has 208 valence electrons. The molecule has 13 heteroatoms. The number of hydrogen-bond acceptors (Lipinski definition) is 9. The number of rotatable bonds is 18. The average Bonchev–Trinajstić information content (AvgIpc) is 2.87. The van der Waals surface area contributed by atoms with Crippen LogP contribution in [-0.2, 0) is 25.6 Å². The molecule has 12 N–H and O–H groups in total. The largest absolute Gasteiger partial charge is 0.508 e. The quantitative estimate of drug-likeness (QED) is 0.0961. The van der Waals surface area contributed by atoms with Crippen molar-refractivity contribution in [2.24, 2.45) is 17.2 Å². The normalized spacial score (nSPS) is 14.2. The second-order valence-corrected chi connectivity index (χ2v) is 8.75. The van der Waals surface area contributed by atoms with Gasteiger partial charge in [-0.1, -0.05) is 12.1 Å². The van der Waals surface area contributed by atoms with Gasteiger partial charge in [0, 0.05) is 6.42 Å². The summed E-state index contributed by atoms with van der Waals surface area (Å²) >= 11 is 0. The number of benzene rings is 1. The molecule has 4 unspecified atom stereocenters. The van der Waals surface area contributed by atoms with Crippen LogP contribution in [0.1, 0.15) is 44.1 Å². The number of nitrogens with one attached hydrogen (secondary N) is 3. The minimum atomic E-state index is -1.28. The van der Waals surface area contributed by atoms with Gasteiger partial charge in [0.25, 0.3) is 0 Å². The van der Waals surface area contributed by atoms with Crippen molar-refractivity contribution in [2.45, 2.75) is 69.1 Å². The lowest BCUT2D eigenvalue weighted by Gasteiger charge is -2.25. The molecule has 3 amide bonds. The third-order valence-corrected chi connectivity index (χ3v) is 5.68. The first-order chi connectivity index (χ1) is 17.6. The van der Waals surface area contributed by atoms with Crippen LogP contribution < -0.4 is 33.2 Å². The summed E-state index contributed by atoms with van der Waals surface area (Å²) in [5.41, 5.74) is 17.2. The van der Waals surface area contributed by atoms with Crippen LogP contribution in [0.15, 0.2) is 24.3 Å². The standard InChI is InChI=1S/C24H40N6O7/c25-11-3-1-5-18(28-21(33)17(27)14-31)22(34)29-19(6-2-4-12-26)23(35)30-20(24(36)37)13-15-7-9-16(32)10-8-15/h7-10,17-20,31-32H,1-6,11-14,25-27H2,(H,28,33)(H,29,34)(H,30,35)(H,36,37). The fraction of sp³-hybridized carbons (Fsp3) is 0.583. The Morgan fingerprint density at radius 3 is 1.65 bits per heavy atom. The maximum atomic E-state index is 13.1. The Kier molecular flexibility index (Phi) is 14.8. The summed E-state index contributed by atoms with van der Waals surface area (Å²) in [6, 6.07) is 1.29. The molecular formula is C24H40N6O7. The number of carbonyl (C=O) groups excluding carboxylic acids is 3. The number of aliphatic hydroxyl groups excluding tert-OH is 1. The van der Waals surface area contributed by atoms with E-state index in [1.54, 1.807) is 12.1 Å². The highest BCUT2D eigenvalue weighted by Crippen LogP contribution is 2.12. The van der Waals surface area contributed by atoms with Crippen LogP contribution in [0.3, 0.4) is 0 Å². The van der Waals surface area contributed by atoms with Crippen molar-refractivity contribution in [3.05, 3.63) is 29.8 Å². The van der Waals surface area contributed by atoms with Crippen LogP contribution in [0.4, 0.5) is 0 Å². The van der Waals surface area contributed by atoms with E-state index in [-0.39, 0.29) is 25.0 Å². The zero-order valence-corrected chi connectivity index (χ0v) is 20.9. The molecule has 0 aliphatic rings. The molecule has 1 aromatic rings. The highest BCUT2D eigenvalue weighted by atomic mass is 16.4. The smallest absolute Gasteiger partial charge is 0.326 e. The Bertz CT molecular complexity index is 868. The molecule has 0 bridgehead atoms. The van der Waals surface area contributed by atoms with Gasteiger partial charge in [-0.15, -0.1) is 0 Å². The number of aliphatic hydroxyl groups is 1. The lowest BCUT2D eigenvalue weighted by atomic mass is 10.0. The van der Waals surface area contributed by atoms with E-state index < -0.39 is 54.5 Å².